The molecule has 1 aromatic carbocycles. The predicted molar refractivity (Wildman–Crippen MR) is 67.0 cm³/mol. The molecule has 1 aromatic rings. The number of ether oxygens (including phenoxy) is 1. The number of benzene rings is 1. The number of rotatable bonds is 6. The highest BCUT2D eigenvalue weighted by atomic mass is 16.6. The molecule has 96 valence electrons. The van der Waals surface area contributed by atoms with E-state index in [2.05, 4.69) is 5.32 Å². The average molecular weight is 239 g/mol. The summed E-state index contributed by atoms with van der Waals surface area (Å²) < 4.78 is 5.25. The minimum Gasteiger partial charge on any atom is -0.462 e. The van der Waals surface area contributed by atoms with Gasteiger partial charge in [0.1, 0.15) is 11.9 Å². The molecule has 4 nitrogen and oxygen atoms in total. The van der Waals surface area contributed by atoms with Gasteiger partial charge in [-0.2, -0.15) is 0 Å². The molecule has 0 amide bonds. The monoisotopic (exact) mass is 239 g/mol. The van der Waals surface area contributed by atoms with Gasteiger partial charge in [-0.15, -0.1) is 0 Å². The molecule has 2 atom stereocenters. The van der Waals surface area contributed by atoms with E-state index in [9.17, 15) is 10.2 Å². The fraction of sp³-hybridized carbons (Fsp3) is 0.538. The SMILES string of the molecule is Cc1cccc(OC(O)C(O)CNC(C)C)c1. The molecular weight excluding hydrogens is 218 g/mol. The van der Waals surface area contributed by atoms with Crippen molar-refractivity contribution in [2.75, 3.05) is 6.54 Å². The second kappa shape index (κ2) is 6.59. The molecule has 0 aliphatic rings. The Labute approximate surface area is 102 Å². The Bertz CT molecular complexity index is 341. The molecule has 0 bridgehead atoms. The largest absolute Gasteiger partial charge is 0.462 e. The molecule has 17 heavy (non-hydrogen) atoms. The zero-order valence-corrected chi connectivity index (χ0v) is 10.6. The van der Waals surface area contributed by atoms with Gasteiger partial charge in [-0.1, -0.05) is 26.0 Å². The van der Waals surface area contributed by atoms with E-state index in [0.717, 1.165) is 5.56 Å². The Kier molecular flexibility index (Phi) is 5.41. The van der Waals surface area contributed by atoms with Crippen LogP contribution in [0.3, 0.4) is 0 Å². The summed E-state index contributed by atoms with van der Waals surface area (Å²) in [5, 5.41) is 22.4. The third-order valence-electron chi connectivity index (χ3n) is 2.31. The molecule has 3 N–H and O–H groups in total. The van der Waals surface area contributed by atoms with Crippen molar-refractivity contribution >= 4 is 0 Å². The zero-order valence-electron chi connectivity index (χ0n) is 10.6. The highest BCUT2D eigenvalue weighted by molar-refractivity contribution is 5.27. The Morgan fingerprint density at radius 1 is 1.29 bits per heavy atom. The number of nitrogens with one attached hydrogen (secondary N) is 1. The van der Waals surface area contributed by atoms with Crippen LogP contribution >= 0.6 is 0 Å². The lowest BCUT2D eigenvalue weighted by Gasteiger charge is -2.20. The van der Waals surface area contributed by atoms with Crippen LogP contribution in [0.25, 0.3) is 0 Å². The van der Waals surface area contributed by atoms with E-state index >= 15 is 0 Å². The number of aliphatic hydroxyl groups excluding tert-OH is 2. The summed E-state index contributed by atoms with van der Waals surface area (Å²) in [4.78, 5) is 0. The minimum absolute atomic E-state index is 0.260. The van der Waals surface area contributed by atoms with E-state index < -0.39 is 12.4 Å². The second-order valence-corrected chi connectivity index (χ2v) is 4.46. The van der Waals surface area contributed by atoms with Crippen molar-refractivity contribution in [1.29, 1.82) is 0 Å². The van der Waals surface area contributed by atoms with Gasteiger partial charge in [0.15, 0.2) is 0 Å². The van der Waals surface area contributed by atoms with Crippen LogP contribution in [0.1, 0.15) is 19.4 Å². The van der Waals surface area contributed by atoms with Crippen LogP contribution in [0.5, 0.6) is 5.75 Å². The summed E-state index contributed by atoms with van der Waals surface area (Å²) in [6.07, 6.45) is -2.17. The van der Waals surface area contributed by atoms with Gasteiger partial charge in [-0.3, -0.25) is 0 Å². The van der Waals surface area contributed by atoms with E-state index in [1.807, 2.05) is 39.0 Å². The topological polar surface area (TPSA) is 61.7 Å². The lowest BCUT2D eigenvalue weighted by molar-refractivity contribution is -0.102. The number of aryl methyl sites for hydroxylation is 1. The fourth-order valence-electron chi connectivity index (χ4n) is 1.36. The maximum Gasteiger partial charge on any atom is 0.224 e. The summed E-state index contributed by atoms with van der Waals surface area (Å²) in [7, 11) is 0. The van der Waals surface area contributed by atoms with Crippen molar-refractivity contribution in [3.05, 3.63) is 29.8 Å². The normalized spacial score (nSPS) is 14.7. The number of aliphatic hydroxyl groups is 2. The van der Waals surface area contributed by atoms with Gasteiger partial charge in [0.05, 0.1) is 0 Å². The summed E-state index contributed by atoms with van der Waals surface area (Å²) in [5.41, 5.74) is 1.05. The van der Waals surface area contributed by atoms with E-state index in [1.165, 1.54) is 0 Å². The molecule has 4 heteroatoms. The second-order valence-electron chi connectivity index (χ2n) is 4.46. The van der Waals surface area contributed by atoms with E-state index in [-0.39, 0.29) is 6.04 Å². The molecule has 0 saturated carbocycles. The third-order valence-corrected chi connectivity index (χ3v) is 2.31. The highest BCUT2D eigenvalue weighted by Gasteiger charge is 2.17. The van der Waals surface area contributed by atoms with Gasteiger partial charge in [0.2, 0.25) is 6.29 Å². The average Bonchev–Trinajstić information content (AvgIpc) is 2.25. The maximum absolute atomic E-state index is 9.66. The van der Waals surface area contributed by atoms with Gasteiger partial charge in [-0.25, -0.2) is 0 Å². The summed E-state index contributed by atoms with van der Waals surface area (Å²) in [5.74, 6) is 0.557. The Morgan fingerprint density at radius 2 is 2.00 bits per heavy atom. The Balaban J connectivity index is 2.45. The van der Waals surface area contributed by atoms with Gasteiger partial charge in [-0.05, 0) is 24.6 Å². The van der Waals surface area contributed by atoms with Gasteiger partial charge < -0.3 is 20.3 Å². The third kappa shape index (κ3) is 5.17. The van der Waals surface area contributed by atoms with Crippen LogP contribution in [0.15, 0.2) is 24.3 Å². The number of hydrogen-bond acceptors (Lipinski definition) is 4. The maximum atomic E-state index is 9.66. The van der Waals surface area contributed by atoms with Crippen molar-refractivity contribution in [2.45, 2.75) is 39.2 Å². The first kappa shape index (κ1) is 14.0. The minimum atomic E-state index is -1.22. The van der Waals surface area contributed by atoms with Gasteiger partial charge in [0, 0.05) is 12.6 Å². The molecule has 0 aromatic heterocycles. The standard InChI is InChI=1S/C13H21NO3/c1-9(2)14-8-12(15)13(16)17-11-6-4-5-10(3)7-11/h4-7,9,12-16H,8H2,1-3H3. The summed E-state index contributed by atoms with van der Waals surface area (Å²) in [6, 6.07) is 7.60. The van der Waals surface area contributed by atoms with Crippen LogP contribution in [0, 0.1) is 6.92 Å². The molecule has 0 spiro atoms. The fourth-order valence-corrected chi connectivity index (χ4v) is 1.36. The molecule has 0 fully saturated rings. The Morgan fingerprint density at radius 3 is 2.59 bits per heavy atom. The van der Waals surface area contributed by atoms with Gasteiger partial charge >= 0.3 is 0 Å². The first-order valence-electron chi connectivity index (χ1n) is 5.82. The molecule has 0 aliphatic carbocycles. The van der Waals surface area contributed by atoms with E-state index in [0.29, 0.717) is 12.3 Å². The van der Waals surface area contributed by atoms with E-state index in [4.69, 9.17) is 4.74 Å². The van der Waals surface area contributed by atoms with Gasteiger partial charge in [0.25, 0.3) is 0 Å². The molecule has 0 aliphatic heterocycles. The predicted octanol–water partition coefficient (Wildman–Crippen LogP) is 1.05. The molecule has 0 radical (unpaired) electrons. The van der Waals surface area contributed by atoms with Crippen molar-refractivity contribution in [3.63, 3.8) is 0 Å². The molecule has 1 rings (SSSR count). The lowest BCUT2D eigenvalue weighted by Crippen LogP contribution is -2.41. The summed E-state index contributed by atoms with van der Waals surface area (Å²) in [6.45, 7) is 6.18. The zero-order chi connectivity index (χ0) is 12.8. The molecule has 2 unspecified atom stereocenters. The first-order chi connectivity index (χ1) is 7.99. The van der Waals surface area contributed by atoms with Crippen LogP contribution in [-0.4, -0.2) is 35.2 Å². The highest BCUT2D eigenvalue weighted by Crippen LogP contribution is 2.14. The van der Waals surface area contributed by atoms with E-state index in [1.54, 1.807) is 6.07 Å². The molecule has 0 saturated heterocycles. The summed E-state index contributed by atoms with van der Waals surface area (Å²) >= 11 is 0. The first-order valence-corrected chi connectivity index (χ1v) is 5.82. The van der Waals surface area contributed by atoms with Crippen LogP contribution < -0.4 is 10.1 Å². The van der Waals surface area contributed by atoms with Crippen LogP contribution in [0.4, 0.5) is 0 Å². The molecular formula is C13H21NO3. The molecule has 0 heterocycles. The smallest absolute Gasteiger partial charge is 0.224 e. The lowest BCUT2D eigenvalue weighted by atomic mass is 10.2. The van der Waals surface area contributed by atoms with Crippen molar-refractivity contribution in [3.8, 4) is 5.75 Å². The number of hydrogen-bond donors (Lipinski definition) is 3. The van der Waals surface area contributed by atoms with Crippen molar-refractivity contribution in [1.82, 2.24) is 5.32 Å². The van der Waals surface area contributed by atoms with Crippen LogP contribution in [0.2, 0.25) is 0 Å². The Hall–Kier alpha value is -1.10. The van der Waals surface area contributed by atoms with Crippen LogP contribution in [-0.2, 0) is 0 Å². The van der Waals surface area contributed by atoms with Crippen molar-refractivity contribution in [2.24, 2.45) is 0 Å². The quantitative estimate of drug-likeness (QED) is 0.649. The van der Waals surface area contributed by atoms with Crippen molar-refractivity contribution < 1.29 is 14.9 Å².